The van der Waals surface area contributed by atoms with E-state index in [1.165, 1.54) is 0 Å². The fourth-order valence-electron chi connectivity index (χ4n) is 2.47. The highest BCUT2D eigenvalue weighted by Gasteiger charge is 2.24. The number of rotatable bonds is 8. The van der Waals surface area contributed by atoms with Crippen LogP contribution in [0.5, 0.6) is 5.75 Å². The van der Waals surface area contributed by atoms with Gasteiger partial charge in [0.05, 0.1) is 7.11 Å². The molecule has 0 spiro atoms. The van der Waals surface area contributed by atoms with Crippen molar-refractivity contribution in [3.63, 3.8) is 0 Å². The summed E-state index contributed by atoms with van der Waals surface area (Å²) in [5.41, 5.74) is 1.40. The second kappa shape index (κ2) is 9.56. The molecular weight excluding hydrogens is 330 g/mol. The molecule has 0 radical (unpaired) electrons. The van der Waals surface area contributed by atoms with Crippen molar-refractivity contribution in [1.29, 1.82) is 0 Å². The Labute approximate surface area is 154 Å². The van der Waals surface area contributed by atoms with Crippen molar-refractivity contribution in [3.05, 3.63) is 59.9 Å². The third-order valence-corrected chi connectivity index (χ3v) is 3.99. The molecule has 0 saturated heterocycles. The number of aromatic nitrogens is 1. The maximum absolute atomic E-state index is 12.5. The Hall–Kier alpha value is -2.89. The minimum atomic E-state index is -0.603. The Morgan fingerprint density at radius 3 is 2.42 bits per heavy atom. The average Bonchev–Trinajstić information content (AvgIpc) is 2.66. The van der Waals surface area contributed by atoms with Gasteiger partial charge >= 0.3 is 0 Å². The van der Waals surface area contributed by atoms with Crippen molar-refractivity contribution in [2.75, 3.05) is 13.7 Å². The molecule has 2 N–H and O–H groups in total. The van der Waals surface area contributed by atoms with Crippen LogP contribution in [0.4, 0.5) is 0 Å². The fraction of sp³-hybridized carbons (Fsp3) is 0.350. The highest BCUT2D eigenvalue weighted by molar-refractivity contribution is 5.97. The van der Waals surface area contributed by atoms with Crippen molar-refractivity contribution >= 4 is 11.8 Å². The summed E-state index contributed by atoms with van der Waals surface area (Å²) in [4.78, 5) is 29.1. The van der Waals surface area contributed by atoms with Gasteiger partial charge in [-0.05, 0) is 42.3 Å². The molecule has 2 rings (SSSR count). The summed E-state index contributed by atoms with van der Waals surface area (Å²) in [6, 6.07) is 11.8. The van der Waals surface area contributed by atoms with Gasteiger partial charge in [0.25, 0.3) is 5.91 Å². The highest BCUT2D eigenvalue weighted by Crippen LogP contribution is 2.12. The summed E-state index contributed by atoms with van der Waals surface area (Å²) in [5, 5.41) is 5.69. The first-order chi connectivity index (χ1) is 12.5. The summed E-state index contributed by atoms with van der Waals surface area (Å²) < 4.78 is 5.09. The van der Waals surface area contributed by atoms with Crippen LogP contribution in [0.3, 0.4) is 0 Å². The van der Waals surface area contributed by atoms with Gasteiger partial charge < -0.3 is 15.4 Å². The number of carbonyl (C=O) groups is 2. The van der Waals surface area contributed by atoms with E-state index in [-0.39, 0.29) is 17.7 Å². The number of hydrogen-bond acceptors (Lipinski definition) is 4. The van der Waals surface area contributed by atoms with E-state index in [0.717, 1.165) is 5.69 Å². The van der Waals surface area contributed by atoms with Crippen LogP contribution in [0.15, 0.2) is 48.7 Å². The molecule has 0 saturated carbocycles. The van der Waals surface area contributed by atoms with E-state index < -0.39 is 6.04 Å². The zero-order chi connectivity index (χ0) is 18.9. The van der Waals surface area contributed by atoms with Gasteiger partial charge in [-0.3, -0.25) is 14.6 Å². The molecule has 0 aliphatic rings. The molecule has 138 valence electrons. The van der Waals surface area contributed by atoms with Crippen molar-refractivity contribution in [3.8, 4) is 5.75 Å². The lowest BCUT2D eigenvalue weighted by Crippen LogP contribution is -2.50. The predicted molar refractivity (Wildman–Crippen MR) is 100 cm³/mol. The second-order valence-corrected chi connectivity index (χ2v) is 6.29. The van der Waals surface area contributed by atoms with Crippen LogP contribution in [0.25, 0.3) is 0 Å². The molecule has 26 heavy (non-hydrogen) atoms. The van der Waals surface area contributed by atoms with Crippen LogP contribution < -0.4 is 15.4 Å². The Balaban J connectivity index is 1.91. The minimum absolute atomic E-state index is 0.0351. The van der Waals surface area contributed by atoms with Crippen molar-refractivity contribution in [2.24, 2.45) is 5.92 Å². The summed E-state index contributed by atoms with van der Waals surface area (Å²) >= 11 is 0. The molecule has 1 heterocycles. The number of benzene rings is 1. The molecular formula is C20H25N3O3. The van der Waals surface area contributed by atoms with Gasteiger partial charge in [0.2, 0.25) is 5.91 Å². The van der Waals surface area contributed by atoms with Crippen LogP contribution in [0.2, 0.25) is 0 Å². The highest BCUT2D eigenvalue weighted by atomic mass is 16.5. The van der Waals surface area contributed by atoms with Crippen LogP contribution in [-0.4, -0.2) is 36.5 Å². The van der Waals surface area contributed by atoms with E-state index >= 15 is 0 Å². The number of hydrogen-bond donors (Lipinski definition) is 2. The van der Waals surface area contributed by atoms with E-state index in [1.54, 1.807) is 37.6 Å². The van der Waals surface area contributed by atoms with Gasteiger partial charge in [0.15, 0.2) is 0 Å². The van der Waals surface area contributed by atoms with Gasteiger partial charge in [-0.15, -0.1) is 0 Å². The standard InChI is InChI=1S/C20H25N3O3/c1-14(2)18(20(25)22-13-11-16-6-4-5-12-21-16)23-19(24)15-7-9-17(26-3)10-8-15/h4-10,12,14,18H,11,13H2,1-3H3,(H,22,25)(H,23,24). The lowest BCUT2D eigenvalue weighted by molar-refractivity contribution is -0.123. The topological polar surface area (TPSA) is 80.3 Å². The molecule has 0 bridgehead atoms. The molecule has 0 aliphatic carbocycles. The number of nitrogens with one attached hydrogen (secondary N) is 2. The van der Waals surface area contributed by atoms with E-state index in [2.05, 4.69) is 15.6 Å². The first kappa shape index (κ1) is 19.4. The maximum Gasteiger partial charge on any atom is 0.251 e. The largest absolute Gasteiger partial charge is 0.497 e. The summed E-state index contributed by atoms with van der Waals surface area (Å²) in [6.45, 7) is 4.27. The number of amides is 2. The summed E-state index contributed by atoms with van der Waals surface area (Å²) in [7, 11) is 1.57. The Morgan fingerprint density at radius 1 is 1.12 bits per heavy atom. The summed E-state index contributed by atoms with van der Waals surface area (Å²) in [5.74, 6) is 0.158. The molecule has 2 aromatic rings. The second-order valence-electron chi connectivity index (χ2n) is 6.29. The van der Waals surface area contributed by atoms with Crippen molar-refractivity contribution < 1.29 is 14.3 Å². The zero-order valence-electron chi connectivity index (χ0n) is 15.4. The smallest absolute Gasteiger partial charge is 0.251 e. The maximum atomic E-state index is 12.5. The number of methoxy groups -OCH3 is 1. The first-order valence-electron chi connectivity index (χ1n) is 8.63. The Bertz CT molecular complexity index is 715. The average molecular weight is 355 g/mol. The van der Waals surface area contributed by atoms with E-state index in [9.17, 15) is 9.59 Å². The van der Waals surface area contributed by atoms with Gasteiger partial charge in [-0.25, -0.2) is 0 Å². The first-order valence-corrected chi connectivity index (χ1v) is 8.63. The van der Waals surface area contributed by atoms with Gasteiger partial charge in [0, 0.05) is 30.4 Å². The molecule has 6 heteroatoms. The van der Waals surface area contributed by atoms with Gasteiger partial charge in [-0.2, -0.15) is 0 Å². The minimum Gasteiger partial charge on any atom is -0.497 e. The number of carbonyl (C=O) groups excluding carboxylic acids is 2. The normalized spacial score (nSPS) is 11.7. The Kier molecular flexibility index (Phi) is 7.14. The van der Waals surface area contributed by atoms with Crippen molar-refractivity contribution in [2.45, 2.75) is 26.3 Å². The number of nitrogens with zero attached hydrogens (tertiary/aromatic N) is 1. The number of pyridine rings is 1. The van der Waals surface area contributed by atoms with Crippen LogP contribution in [0, 0.1) is 5.92 Å². The fourth-order valence-corrected chi connectivity index (χ4v) is 2.47. The predicted octanol–water partition coefficient (Wildman–Crippen LogP) is 2.20. The zero-order valence-corrected chi connectivity index (χ0v) is 15.4. The van der Waals surface area contributed by atoms with Crippen molar-refractivity contribution in [1.82, 2.24) is 15.6 Å². The molecule has 0 fully saturated rings. The van der Waals surface area contributed by atoms with E-state index in [1.807, 2.05) is 32.0 Å². The molecule has 6 nitrogen and oxygen atoms in total. The third-order valence-electron chi connectivity index (χ3n) is 3.99. The molecule has 1 atom stereocenters. The Morgan fingerprint density at radius 2 is 1.85 bits per heavy atom. The molecule has 1 aromatic carbocycles. The lowest BCUT2D eigenvalue weighted by Gasteiger charge is -2.21. The molecule has 1 aromatic heterocycles. The van der Waals surface area contributed by atoms with Gasteiger partial charge in [0.1, 0.15) is 11.8 Å². The van der Waals surface area contributed by atoms with Gasteiger partial charge in [-0.1, -0.05) is 19.9 Å². The van der Waals surface area contributed by atoms with Crippen LogP contribution in [-0.2, 0) is 11.2 Å². The van der Waals surface area contributed by atoms with E-state index in [0.29, 0.717) is 24.3 Å². The molecule has 1 unspecified atom stereocenters. The van der Waals surface area contributed by atoms with Crippen LogP contribution in [0.1, 0.15) is 29.9 Å². The van der Waals surface area contributed by atoms with E-state index in [4.69, 9.17) is 4.74 Å². The monoisotopic (exact) mass is 355 g/mol. The third kappa shape index (κ3) is 5.58. The molecule has 0 aliphatic heterocycles. The summed E-state index contributed by atoms with van der Waals surface area (Å²) in [6.07, 6.45) is 2.37. The van der Waals surface area contributed by atoms with Crippen LogP contribution >= 0.6 is 0 Å². The molecule has 2 amide bonds. The quantitative estimate of drug-likeness (QED) is 0.761. The SMILES string of the molecule is COc1ccc(C(=O)NC(C(=O)NCCc2ccccn2)C(C)C)cc1. The number of ether oxygens (including phenoxy) is 1. The lowest BCUT2D eigenvalue weighted by atomic mass is 10.0.